The van der Waals surface area contributed by atoms with Crippen LogP contribution in [0.5, 0.6) is 0 Å². The molecule has 2 aromatic carbocycles. The van der Waals surface area contributed by atoms with Gasteiger partial charge in [-0.05, 0) is 29.7 Å². The van der Waals surface area contributed by atoms with Crippen LogP contribution in [-0.4, -0.2) is 0 Å². The smallest absolute Gasteiger partial charge is 0.139 e. The second-order valence-corrected chi connectivity index (χ2v) is 4.40. The number of rotatable bonds is 3. The molecule has 0 aliphatic carbocycles. The molecule has 19 heavy (non-hydrogen) atoms. The van der Waals surface area contributed by atoms with Gasteiger partial charge >= 0.3 is 0 Å². The summed E-state index contributed by atoms with van der Waals surface area (Å²) in [5.74, 6) is 1.05. The Labute approximate surface area is 112 Å². The van der Waals surface area contributed by atoms with Crippen LogP contribution in [-0.2, 0) is 6.42 Å². The van der Waals surface area contributed by atoms with Crippen molar-refractivity contribution >= 4 is 0 Å². The Morgan fingerprint density at radius 2 is 1.74 bits per heavy atom. The monoisotopic (exact) mass is 256 g/mol. The maximum Gasteiger partial charge on any atom is 0.139 e. The van der Waals surface area contributed by atoms with Gasteiger partial charge in [0, 0.05) is 5.56 Å². The molecule has 2 aromatic rings. The molecule has 0 saturated carbocycles. The molecule has 0 heterocycles. The summed E-state index contributed by atoms with van der Waals surface area (Å²) in [7, 11) is 0. The van der Waals surface area contributed by atoms with Crippen LogP contribution in [0.3, 0.4) is 0 Å². The van der Waals surface area contributed by atoms with Gasteiger partial charge in [-0.15, -0.1) is 6.42 Å². The second kappa shape index (κ2) is 5.67. The third kappa shape index (κ3) is 2.82. The SMILES string of the molecule is C#Cc1cc(F)c(-c2ccc(CCC)cc2)cc1F. The number of terminal acetylenes is 1. The van der Waals surface area contributed by atoms with E-state index in [4.69, 9.17) is 6.42 Å². The molecule has 2 rings (SSSR count). The molecule has 0 amide bonds. The predicted octanol–water partition coefficient (Wildman–Crippen LogP) is 4.57. The number of halogens is 2. The molecule has 0 N–H and O–H groups in total. The van der Waals surface area contributed by atoms with Gasteiger partial charge in [-0.3, -0.25) is 0 Å². The number of benzene rings is 2. The third-order valence-corrected chi connectivity index (χ3v) is 3.02. The van der Waals surface area contributed by atoms with Crippen molar-refractivity contribution in [1.82, 2.24) is 0 Å². The van der Waals surface area contributed by atoms with E-state index in [0.717, 1.165) is 25.0 Å². The van der Waals surface area contributed by atoms with E-state index in [1.165, 1.54) is 5.56 Å². The zero-order chi connectivity index (χ0) is 13.8. The highest BCUT2D eigenvalue weighted by atomic mass is 19.1. The quantitative estimate of drug-likeness (QED) is 0.706. The van der Waals surface area contributed by atoms with Crippen molar-refractivity contribution < 1.29 is 8.78 Å². The molecule has 0 nitrogen and oxygen atoms in total. The summed E-state index contributed by atoms with van der Waals surface area (Å²) in [4.78, 5) is 0. The van der Waals surface area contributed by atoms with Crippen molar-refractivity contribution in [3.8, 4) is 23.5 Å². The Morgan fingerprint density at radius 1 is 1.05 bits per heavy atom. The molecule has 0 saturated heterocycles. The van der Waals surface area contributed by atoms with Crippen LogP contribution >= 0.6 is 0 Å². The molecule has 0 spiro atoms. The minimum atomic E-state index is -0.573. The van der Waals surface area contributed by atoms with E-state index in [9.17, 15) is 8.78 Å². The fourth-order valence-electron chi connectivity index (χ4n) is 2.02. The zero-order valence-corrected chi connectivity index (χ0v) is 10.7. The number of hydrogen-bond donors (Lipinski definition) is 0. The highest BCUT2D eigenvalue weighted by molar-refractivity contribution is 5.65. The fraction of sp³-hybridized carbons (Fsp3) is 0.176. The third-order valence-electron chi connectivity index (χ3n) is 3.02. The largest absolute Gasteiger partial charge is 0.206 e. The average molecular weight is 256 g/mol. The van der Waals surface area contributed by atoms with E-state index in [0.29, 0.717) is 5.56 Å². The maximum atomic E-state index is 13.9. The lowest BCUT2D eigenvalue weighted by atomic mass is 10.0. The second-order valence-electron chi connectivity index (χ2n) is 4.40. The fourth-order valence-corrected chi connectivity index (χ4v) is 2.02. The Kier molecular flexibility index (Phi) is 3.97. The summed E-state index contributed by atoms with van der Waals surface area (Å²) < 4.78 is 27.5. The van der Waals surface area contributed by atoms with Gasteiger partial charge in [-0.1, -0.05) is 43.5 Å². The lowest BCUT2D eigenvalue weighted by Gasteiger charge is -2.06. The number of aryl methyl sites for hydroxylation is 1. The highest BCUT2D eigenvalue weighted by Crippen LogP contribution is 2.26. The van der Waals surface area contributed by atoms with Crippen molar-refractivity contribution in [3.63, 3.8) is 0 Å². The van der Waals surface area contributed by atoms with Gasteiger partial charge in [0.05, 0.1) is 5.56 Å². The lowest BCUT2D eigenvalue weighted by Crippen LogP contribution is -1.92. The van der Waals surface area contributed by atoms with Gasteiger partial charge in [0.15, 0.2) is 0 Å². The van der Waals surface area contributed by atoms with Gasteiger partial charge in [0.2, 0.25) is 0 Å². The first-order chi connectivity index (χ1) is 9.15. The Morgan fingerprint density at radius 3 is 2.32 bits per heavy atom. The van der Waals surface area contributed by atoms with Gasteiger partial charge in [-0.25, -0.2) is 8.78 Å². The van der Waals surface area contributed by atoms with E-state index in [2.05, 4.69) is 12.8 Å². The first kappa shape index (κ1) is 13.3. The van der Waals surface area contributed by atoms with Crippen molar-refractivity contribution in [3.05, 3.63) is 59.2 Å². The minimum Gasteiger partial charge on any atom is -0.206 e. The summed E-state index contributed by atoms with van der Waals surface area (Å²) in [6.07, 6.45) is 7.14. The van der Waals surface area contributed by atoms with E-state index >= 15 is 0 Å². The Balaban J connectivity index is 2.42. The Hall–Kier alpha value is -2.14. The molecule has 0 aliphatic heterocycles. The predicted molar refractivity (Wildman–Crippen MR) is 73.7 cm³/mol. The van der Waals surface area contributed by atoms with Crippen molar-refractivity contribution in [2.75, 3.05) is 0 Å². The van der Waals surface area contributed by atoms with E-state index in [1.54, 1.807) is 12.1 Å². The van der Waals surface area contributed by atoms with E-state index in [-0.39, 0.29) is 11.1 Å². The first-order valence-electron chi connectivity index (χ1n) is 6.20. The minimum absolute atomic E-state index is 0.0520. The molecular formula is C17H14F2. The van der Waals surface area contributed by atoms with Crippen LogP contribution in [0.15, 0.2) is 36.4 Å². The molecule has 0 bridgehead atoms. The summed E-state index contributed by atoms with van der Waals surface area (Å²) in [6.45, 7) is 2.10. The molecule has 0 fully saturated rings. The Bertz CT molecular complexity index is 619. The van der Waals surface area contributed by atoms with Crippen LogP contribution < -0.4 is 0 Å². The van der Waals surface area contributed by atoms with E-state index in [1.807, 2.05) is 12.1 Å². The molecule has 2 heteroatoms. The lowest BCUT2D eigenvalue weighted by molar-refractivity contribution is 0.600. The van der Waals surface area contributed by atoms with Crippen molar-refractivity contribution in [2.24, 2.45) is 0 Å². The number of hydrogen-bond acceptors (Lipinski definition) is 0. The molecule has 0 radical (unpaired) electrons. The molecule has 96 valence electrons. The molecule has 0 aliphatic rings. The molecule has 0 atom stereocenters. The standard InChI is InChI=1S/C17H14F2/c1-3-5-12-6-8-14(9-7-12)15-11-16(18)13(4-2)10-17(15)19/h2,6-11H,3,5H2,1H3. The van der Waals surface area contributed by atoms with Crippen LogP contribution in [0.1, 0.15) is 24.5 Å². The summed E-state index contributed by atoms with van der Waals surface area (Å²) in [6, 6.07) is 9.69. The van der Waals surface area contributed by atoms with Gasteiger partial charge in [0.25, 0.3) is 0 Å². The average Bonchev–Trinajstić information content (AvgIpc) is 2.42. The highest BCUT2D eigenvalue weighted by Gasteiger charge is 2.10. The van der Waals surface area contributed by atoms with Crippen LogP contribution in [0.4, 0.5) is 8.78 Å². The van der Waals surface area contributed by atoms with E-state index < -0.39 is 11.6 Å². The van der Waals surface area contributed by atoms with Gasteiger partial charge in [0.1, 0.15) is 11.6 Å². The van der Waals surface area contributed by atoms with Crippen LogP contribution in [0.2, 0.25) is 0 Å². The van der Waals surface area contributed by atoms with Gasteiger partial charge in [-0.2, -0.15) is 0 Å². The van der Waals surface area contributed by atoms with Crippen molar-refractivity contribution in [1.29, 1.82) is 0 Å². The van der Waals surface area contributed by atoms with Gasteiger partial charge < -0.3 is 0 Å². The topological polar surface area (TPSA) is 0 Å². The molecule has 0 unspecified atom stereocenters. The summed E-state index contributed by atoms with van der Waals surface area (Å²) in [5, 5.41) is 0. The van der Waals surface area contributed by atoms with Crippen LogP contribution in [0, 0.1) is 24.0 Å². The maximum absolute atomic E-state index is 13.9. The summed E-state index contributed by atoms with van der Waals surface area (Å²) >= 11 is 0. The molecular weight excluding hydrogens is 242 g/mol. The first-order valence-corrected chi connectivity index (χ1v) is 6.20. The van der Waals surface area contributed by atoms with Crippen LogP contribution in [0.25, 0.3) is 11.1 Å². The van der Waals surface area contributed by atoms with Crippen molar-refractivity contribution in [2.45, 2.75) is 19.8 Å². The molecule has 0 aromatic heterocycles. The zero-order valence-electron chi connectivity index (χ0n) is 10.7. The summed E-state index contributed by atoms with van der Waals surface area (Å²) in [5.41, 5.74) is 2.02. The normalized spacial score (nSPS) is 10.2.